The van der Waals surface area contributed by atoms with E-state index in [4.69, 9.17) is 9.84 Å². The van der Waals surface area contributed by atoms with E-state index >= 15 is 0 Å². The maximum absolute atomic E-state index is 8.70. The van der Waals surface area contributed by atoms with Gasteiger partial charge in [-0.05, 0) is 6.54 Å². The average molecular weight is 131 g/mol. The highest BCUT2D eigenvalue weighted by Crippen LogP contribution is 2.07. The van der Waals surface area contributed by atoms with Gasteiger partial charge in [0, 0.05) is 6.54 Å². The molecular weight excluding hydrogens is 118 g/mol. The molecule has 1 aliphatic heterocycles. The zero-order valence-corrected chi connectivity index (χ0v) is 5.71. The normalized spacial score (nSPS) is 29.3. The first-order valence-electron chi connectivity index (χ1n) is 3.35. The molecule has 0 amide bonds. The molecule has 3 heteroatoms. The van der Waals surface area contributed by atoms with E-state index in [0.717, 1.165) is 19.7 Å². The van der Waals surface area contributed by atoms with Gasteiger partial charge in [0.1, 0.15) is 6.23 Å². The Morgan fingerprint density at radius 3 is 3.00 bits per heavy atom. The van der Waals surface area contributed by atoms with E-state index in [1.54, 1.807) is 0 Å². The lowest BCUT2D eigenvalue weighted by molar-refractivity contribution is -0.00751. The summed E-state index contributed by atoms with van der Waals surface area (Å²) in [5, 5.41) is 8.70. The van der Waals surface area contributed by atoms with Crippen LogP contribution < -0.4 is 0 Å². The Bertz CT molecular complexity index is 77.1. The van der Waals surface area contributed by atoms with Crippen molar-refractivity contribution in [3.05, 3.63) is 0 Å². The molecule has 0 aromatic rings. The standard InChI is InChI=1S/C6H13NO2/c1-2-7-3-4-9-6(7)5-8/h6,8H,2-5H2,1H3/t6-/m0/s1. The van der Waals surface area contributed by atoms with E-state index in [2.05, 4.69) is 11.8 Å². The number of nitrogens with zero attached hydrogens (tertiary/aromatic N) is 1. The molecule has 0 aliphatic carbocycles. The molecule has 1 aliphatic rings. The SMILES string of the molecule is CCN1CCO[C@H]1CO. The minimum absolute atomic E-state index is 0.0324. The van der Waals surface area contributed by atoms with Crippen molar-refractivity contribution in [2.75, 3.05) is 26.3 Å². The Kier molecular flexibility index (Phi) is 2.45. The quantitative estimate of drug-likeness (QED) is 0.556. The zero-order valence-electron chi connectivity index (χ0n) is 5.71. The summed E-state index contributed by atoms with van der Waals surface area (Å²) in [5.41, 5.74) is 0. The molecule has 0 saturated carbocycles. The van der Waals surface area contributed by atoms with Crippen LogP contribution in [0.1, 0.15) is 6.92 Å². The molecule has 1 saturated heterocycles. The van der Waals surface area contributed by atoms with Crippen LogP contribution in [0.3, 0.4) is 0 Å². The van der Waals surface area contributed by atoms with Crippen LogP contribution in [0.15, 0.2) is 0 Å². The number of aliphatic hydroxyl groups is 1. The monoisotopic (exact) mass is 131 g/mol. The van der Waals surface area contributed by atoms with E-state index in [1.165, 1.54) is 0 Å². The molecule has 0 unspecified atom stereocenters. The van der Waals surface area contributed by atoms with Gasteiger partial charge < -0.3 is 9.84 Å². The van der Waals surface area contributed by atoms with Crippen molar-refractivity contribution in [1.29, 1.82) is 0 Å². The minimum Gasteiger partial charge on any atom is -0.392 e. The van der Waals surface area contributed by atoms with Crippen molar-refractivity contribution in [3.63, 3.8) is 0 Å². The maximum atomic E-state index is 8.70. The molecular formula is C6H13NO2. The molecule has 0 spiro atoms. The van der Waals surface area contributed by atoms with Gasteiger partial charge in [0.25, 0.3) is 0 Å². The van der Waals surface area contributed by atoms with Crippen LogP contribution >= 0.6 is 0 Å². The van der Waals surface area contributed by atoms with Crippen molar-refractivity contribution in [2.24, 2.45) is 0 Å². The molecule has 1 N–H and O–H groups in total. The van der Waals surface area contributed by atoms with E-state index < -0.39 is 0 Å². The Balaban J connectivity index is 2.32. The topological polar surface area (TPSA) is 32.7 Å². The summed E-state index contributed by atoms with van der Waals surface area (Å²) in [7, 11) is 0. The molecule has 9 heavy (non-hydrogen) atoms. The first-order valence-corrected chi connectivity index (χ1v) is 3.35. The molecule has 0 bridgehead atoms. The van der Waals surface area contributed by atoms with Gasteiger partial charge in [-0.2, -0.15) is 0 Å². The summed E-state index contributed by atoms with van der Waals surface area (Å²) in [6.07, 6.45) is -0.0324. The number of aliphatic hydroxyl groups excluding tert-OH is 1. The van der Waals surface area contributed by atoms with Gasteiger partial charge in [0.05, 0.1) is 13.2 Å². The van der Waals surface area contributed by atoms with Crippen LogP contribution in [0, 0.1) is 0 Å². The molecule has 3 nitrogen and oxygen atoms in total. The van der Waals surface area contributed by atoms with Gasteiger partial charge >= 0.3 is 0 Å². The largest absolute Gasteiger partial charge is 0.392 e. The second-order valence-electron chi connectivity index (χ2n) is 2.14. The van der Waals surface area contributed by atoms with E-state index in [9.17, 15) is 0 Å². The fourth-order valence-corrected chi connectivity index (χ4v) is 1.09. The van der Waals surface area contributed by atoms with Crippen LogP contribution in [-0.4, -0.2) is 42.5 Å². The first-order chi connectivity index (χ1) is 4.38. The van der Waals surface area contributed by atoms with Crippen LogP contribution in [0.25, 0.3) is 0 Å². The summed E-state index contributed by atoms with van der Waals surface area (Å²) in [6, 6.07) is 0. The Morgan fingerprint density at radius 1 is 1.78 bits per heavy atom. The Hall–Kier alpha value is -0.120. The summed E-state index contributed by atoms with van der Waals surface area (Å²) >= 11 is 0. The average Bonchev–Trinajstić information content (AvgIpc) is 2.33. The van der Waals surface area contributed by atoms with Crippen molar-refractivity contribution >= 4 is 0 Å². The predicted octanol–water partition coefficient (Wildman–Crippen LogP) is -0.343. The molecule has 0 aromatic carbocycles. The molecule has 1 heterocycles. The lowest BCUT2D eigenvalue weighted by atomic mass is 10.5. The number of rotatable bonds is 2. The second-order valence-corrected chi connectivity index (χ2v) is 2.14. The van der Waals surface area contributed by atoms with Crippen LogP contribution in [0.5, 0.6) is 0 Å². The fraction of sp³-hybridized carbons (Fsp3) is 1.00. The summed E-state index contributed by atoms with van der Waals surface area (Å²) < 4.78 is 5.18. The highest BCUT2D eigenvalue weighted by atomic mass is 16.5. The Labute approximate surface area is 55.2 Å². The van der Waals surface area contributed by atoms with Gasteiger partial charge in [-0.25, -0.2) is 0 Å². The molecule has 0 radical (unpaired) electrons. The van der Waals surface area contributed by atoms with Gasteiger partial charge in [0.15, 0.2) is 0 Å². The van der Waals surface area contributed by atoms with E-state index in [0.29, 0.717) is 0 Å². The second kappa shape index (κ2) is 3.15. The third-order valence-electron chi connectivity index (χ3n) is 1.66. The minimum atomic E-state index is -0.0324. The fourth-order valence-electron chi connectivity index (χ4n) is 1.09. The molecule has 1 fully saturated rings. The summed E-state index contributed by atoms with van der Waals surface area (Å²) in [5.74, 6) is 0. The highest BCUT2D eigenvalue weighted by Gasteiger charge is 2.21. The van der Waals surface area contributed by atoms with Crippen molar-refractivity contribution < 1.29 is 9.84 Å². The highest BCUT2D eigenvalue weighted by molar-refractivity contribution is 4.66. The number of likely N-dealkylation sites (N-methyl/N-ethyl adjacent to an activating group) is 1. The maximum Gasteiger partial charge on any atom is 0.134 e. The van der Waals surface area contributed by atoms with Crippen molar-refractivity contribution in [3.8, 4) is 0 Å². The molecule has 1 atom stereocenters. The lowest BCUT2D eigenvalue weighted by Crippen LogP contribution is -2.32. The van der Waals surface area contributed by atoms with Crippen LogP contribution in [-0.2, 0) is 4.74 Å². The zero-order chi connectivity index (χ0) is 6.69. The van der Waals surface area contributed by atoms with E-state index in [-0.39, 0.29) is 12.8 Å². The van der Waals surface area contributed by atoms with E-state index in [1.807, 2.05) is 0 Å². The number of hydrogen-bond acceptors (Lipinski definition) is 3. The van der Waals surface area contributed by atoms with Gasteiger partial charge in [-0.1, -0.05) is 6.92 Å². The van der Waals surface area contributed by atoms with Crippen LogP contribution in [0.2, 0.25) is 0 Å². The lowest BCUT2D eigenvalue weighted by Gasteiger charge is -2.17. The smallest absolute Gasteiger partial charge is 0.134 e. The third kappa shape index (κ3) is 1.41. The predicted molar refractivity (Wildman–Crippen MR) is 34.1 cm³/mol. The molecule has 54 valence electrons. The van der Waals surface area contributed by atoms with Crippen molar-refractivity contribution in [2.45, 2.75) is 13.2 Å². The Morgan fingerprint density at radius 2 is 2.56 bits per heavy atom. The molecule has 1 rings (SSSR count). The number of hydrogen-bond donors (Lipinski definition) is 1. The van der Waals surface area contributed by atoms with Gasteiger partial charge in [0.2, 0.25) is 0 Å². The number of ether oxygens (including phenoxy) is 1. The summed E-state index contributed by atoms with van der Waals surface area (Å²) in [6.45, 7) is 4.87. The van der Waals surface area contributed by atoms with Gasteiger partial charge in [-0.3, -0.25) is 4.90 Å². The first kappa shape index (κ1) is 6.99. The van der Waals surface area contributed by atoms with Crippen molar-refractivity contribution in [1.82, 2.24) is 4.90 Å². The molecule has 0 aromatic heterocycles. The van der Waals surface area contributed by atoms with Crippen LogP contribution in [0.4, 0.5) is 0 Å². The third-order valence-corrected chi connectivity index (χ3v) is 1.66. The van der Waals surface area contributed by atoms with Gasteiger partial charge in [-0.15, -0.1) is 0 Å². The summed E-state index contributed by atoms with van der Waals surface area (Å²) in [4.78, 5) is 2.11.